The second kappa shape index (κ2) is 5.70. The number of ether oxygens (including phenoxy) is 3. The summed E-state index contributed by atoms with van der Waals surface area (Å²) in [4.78, 5) is 8.25. The van der Waals surface area contributed by atoms with Gasteiger partial charge in [0.2, 0.25) is 5.88 Å². The minimum absolute atomic E-state index is 0.403. The first-order chi connectivity index (χ1) is 10.3. The van der Waals surface area contributed by atoms with Crippen molar-refractivity contribution >= 4 is 5.52 Å². The molecule has 3 heterocycles. The summed E-state index contributed by atoms with van der Waals surface area (Å²) in [5.41, 5.74) is 2.05. The van der Waals surface area contributed by atoms with Crippen molar-refractivity contribution in [3.63, 3.8) is 0 Å². The number of hydrogen-bond acceptors (Lipinski definition) is 5. The SMILES string of the molecule is COc1cc(OC)c(OCc2cccn3cncc23)cn1. The molecule has 0 fully saturated rings. The molecule has 0 radical (unpaired) electrons. The van der Waals surface area contributed by atoms with E-state index in [1.165, 1.54) is 0 Å². The van der Waals surface area contributed by atoms with Crippen LogP contribution in [0.1, 0.15) is 5.56 Å². The largest absolute Gasteiger partial charge is 0.493 e. The van der Waals surface area contributed by atoms with Gasteiger partial charge in [-0.05, 0) is 6.07 Å². The lowest BCUT2D eigenvalue weighted by molar-refractivity contribution is 0.281. The van der Waals surface area contributed by atoms with Crippen LogP contribution in [0.2, 0.25) is 0 Å². The van der Waals surface area contributed by atoms with Gasteiger partial charge >= 0.3 is 0 Å². The Morgan fingerprint density at radius 2 is 2.05 bits per heavy atom. The van der Waals surface area contributed by atoms with Crippen molar-refractivity contribution < 1.29 is 14.2 Å². The highest BCUT2D eigenvalue weighted by atomic mass is 16.5. The molecule has 0 aliphatic rings. The first-order valence-corrected chi connectivity index (χ1v) is 6.42. The van der Waals surface area contributed by atoms with Crippen LogP contribution in [0.15, 0.2) is 43.1 Å². The molecule has 3 aromatic heterocycles. The fraction of sp³-hybridized carbons (Fsp3) is 0.200. The average molecular weight is 285 g/mol. The summed E-state index contributed by atoms with van der Waals surface area (Å²) in [5, 5.41) is 0. The van der Waals surface area contributed by atoms with Crippen molar-refractivity contribution in [2.24, 2.45) is 0 Å². The van der Waals surface area contributed by atoms with Gasteiger partial charge in [-0.1, -0.05) is 6.07 Å². The van der Waals surface area contributed by atoms with Crippen LogP contribution >= 0.6 is 0 Å². The zero-order valence-corrected chi connectivity index (χ0v) is 11.8. The highest BCUT2D eigenvalue weighted by molar-refractivity contribution is 5.53. The van der Waals surface area contributed by atoms with E-state index < -0.39 is 0 Å². The Bertz CT molecular complexity index is 755. The summed E-state index contributed by atoms with van der Waals surface area (Å²) in [7, 11) is 3.14. The third-order valence-electron chi connectivity index (χ3n) is 3.16. The van der Waals surface area contributed by atoms with Crippen LogP contribution in [-0.2, 0) is 6.61 Å². The molecule has 6 heteroatoms. The first kappa shape index (κ1) is 13.2. The van der Waals surface area contributed by atoms with Gasteiger partial charge in [0, 0.05) is 17.8 Å². The molecule has 3 aromatic rings. The molecule has 0 atom stereocenters. The average Bonchev–Trinajstić information content (AvgIpc) is 3.01. The van der Waals surface area contributed by atoms with Crippen LogP contribution < -0.4 is 14.2 Å². The molecule has 108 valence electrons. The number of fused-ring (bicyclic) bond motifs is 1. The number of aromatic nitrogens is 3. The number of imidazole rings is 1. The van der Waals surface area contributed by atoms with Crippen LogP contribution in [0.25, 0.3) is 5.52 Å². The van der Waals surface area contributed by atoms with Crippen molar-refractivity contribution in [1.82, 2.24) is 14.4 Å². The maximum atomic E-state index is 5.81. The first-order valence-electron chi connectivity index (χ1n) is 6.42. The molecule has 21 heavy (non-hydrogen) atoms. The van der Waals surface area contributed by atoms with Gasteiger partial charge in [-0.3, -0.25) is 0 Å². The highest BCUT2D eigenvalue weighted by Crippen LogP contribution is 2.29. The Kier molecular flexibility index (Phi) is 3.59. The maximum Gasteiger partial charge on any atom is 0.216 e. The normalized spacial score (nSPS) is 10.6. The predicted molar refractivity (Wildman–Crippen MR) is 76.9 cm³/mol. The molecule has 6 nitrogen and oxygen atoms in total. The summed E-state index contributed by atoms with van der Waals surface area (Å²) >= 11 is 0. The molecule has 0 N–H and O–H groups in total. The molecule has 3 rings (SSSR count). The molecule has 0 spiro atoms. The van der Waals surface area contributed by atoms with E-state index in [1.807, 2.05) is 28.9 Å². The number of nitrogens with zero attached hydrogens (tertiary/aromatic N) is 3. The number of pyridine rings is 2. The van der Waals surface area contributed by atoms with Crippen LogP contribution in [0, 0.1) is 0 Å². The summed E-state index contributed by atoms with van der Waals surface area (Å²) in [6.07, 6.45) is 7.10. The predicted octanol–water partition coefficient (Wildman–Crippen LogP) is 2.33. The second-order valence-electron chi connectivity index (χ2n) is 4.39. The van der Waals surface area contributed by atoms with E-state index in [0.29, 0.717) is 24.0 Å². The van der Waals surface area contributed by atoms with E-state index in [0.717, 1.165) is 11.1 Å². The number of methoxy groups -OCH3 is 2. The summed E-state index contributed by atoms with van der Waals surface area (Å²) in [6.45, 7) is 0.403. The highest BCUT2D eigenvalue weighted by Gasteiger charge is 2.09. The Hall–Kier alpha value is -2.76. The quantitative estimate of drug-likeness (QED) is 0.720. The van der Waals surface area contributed by atoms with E-state index in [9.17, 15) is 0 Å². The molecule has 0 aromatic carbocycles. The standard InChI is InChI=1S/C15H15N3O3/c1-19-13-6-15(20-2)17-8-14(13)21-9-11-4-3-5-18-10-16-7-12(11)18/h3-8,10H,9H2,1-2H3. The smallest absolute Gasteiger partial charge is 0.216 e. The summed E-state index contributed by atoms with van der Waals surface area (Å²) in [5.74, 6) is 1.64. The molecule has 0 bridgehead atoms. The van der Waals surface area contributed by atoms with E-state index in [-0.39, 0.29) is 0 Å². The van der Waals surface area contributed by atoms with Crippen molar-refractivity contribution in [3.05, 3.63) is 48.7 Å². The summed E-state index contributed by atoms with van der Waals surface area (Å²) < 4.78 is 18.1. The monoisotopic (exact) mass is 285 g/mol. The fourth-order valence-corrected chi connectivity index (χ4v) is 2.07. The minimum atomic E-state index is 0.403. The van der Waals surface area contributed by atoms with Gasteiger partial charge in [0.1, 0.15) is 6.61 Å². The van der Waals surface area contributed by atoms with E-state index >= 15 is 0 Å². The Balaban J connectivity index is 1.83. The maximum absolute atomic E-state index is 5.81. The lowest BCUT2D eigenvalue weighted by Crippen LogP contribution is -2.00. The Morgan fingerprint density at radius 1 is 1.14 bits per heavy atom. The van der Waals surface area contributed by atoms with Gasteiger partial charge in [0.25, 0.3) is 0 Å². The van der Waals surface area contributed by atoms with Crippen LogP contribution in [0.3, 0.4) is 0 Å². The summed E-state index contributed by atoms with van der Waals surface area (Å²) in [6, 6.07) is 5.64. The van der Waals surface area contributed by atoms with Gasteiger partial charge < -0.3 is 18.6 Å². The molecule has 0 amide bonds. The third kappa shape index (κ3) is 2.60. The van der Waals surface area contributed by atoms with E-state index in [1.54, 1.807) is 32.8 Å². The molecule has 0 aliphatic heterocycles. The van der Waals surface area contributed by atoms with Gasteiger partial charge in [0.05, 0.1) is 38.5 Å². The van der Waals surface area contributed by atoms with Crippen molar-refractivity contribution in [2.45, 2.75) is 6.61 Å². The topological polar surface area (TPSA) is 57.9 Å². The van der Waals surface area contributed by atoms with E-state index in [4.69, 9.17) is 14.2 Å². The van der Waals surface area contributed by atoms with Gasteiger partial charge in [-0.15, -0.1) is 0 Å². The van der Waals surface area contributed by atoms with Crippen LogP contribution in [-0.4, -0.2) is 28.6 Å². The van der Waals surface area contributed by atoms with Gasteiger partial charge in [-0.2, -0.15) is 0 Å². The minimum Gasteiger partial charge on any atom is -0.493 e. The Morgan fingerprint density at radius 3 is 2.86 bits per heavy atom. The zero-order chi connectivity index (χ0) is 14.7. The number of hydrogen-bond donors (Lipinski definition) is 0. The van der Waals surface area contributed by atoms with Crippen molar-refractivity contribution in [1.29, 1.82) is 0 Å². The van der Waals surface area contributed by atoms with Crippen LogP contribution in [0.5, 0.6) is 17.4 Å². The Labute approximate surface area is 121 Å². The zero-order valence-electron chi connectivity index (χ0n) is 11.8. The molecular weight excluding hydrogens is 270 g/mol. The number of rotatable bonds is 5. The third-order valence-corrected chi connectivity index (χ3v) is 3.16. The molecule has 0 saturated heterocycles. The molecular formula is C15H15N3O3. The van der Waals surface area contributed by atoms with Crippen molar-refractivity contribution in [3.8, 4) is 17.4 Å². The fourth-order valence-electron chi connectivity index (χ4n) is 2.07. The molecule has 0 unspecified atom stereocenters. The van der Waals surface area contributed by atoms with E-state index in [2.05, 4.69) is 9.97 Å². The molecule has 0 saturated carbocycles. The lowest BCUT2D eigenvalue weighted by Gasteiger charge is -2.11. The molecule has 0 aliphatic carbocycles. The van der Waals surface area contributed by atoms with Gasteiger partial charge in [0.15, 0.2) is 11.5 Å². The van der Waals surface area contributed by atoms with Gasteiger partial charge in [-0.25, -0.2) is 9.97 Å². The second-order valence-corrected chi connectivity index (χ2v) is 4.39. The lowest BCUT2D eigenvalue weighted by atomic mass is 10.2. The van der Waals surface area contributed by atoms with Crippen LogP contribution in [0.4, 0.5) is 0 Å². The van der Waals surface area contributed by atoms with Crippen molar-refractivity contribution in [2.75, 3.05) is 14.2 Å².